The van der Waals surface area contributed by atoms with Crippen molar-refractivity contribution >= 4 is 34.4 Å². The molecule has 2 aromatic rings. The van der Waals surface area contributed by atoms with E-state index in [0.29, 0.717) is 41.5 Å². The number of hydrogen-bond acceptors (Lipinski definition) is 7. The number of anilines is 1. The van der Waals surface area contributed by atoms with Crippen LogP contribution in [-0.2, 0) is 9.59 Å². The molecule has 2 amide bonds. The van der Waals surface area contributed by atoms with Crippen LogP contribution < -0.4 is 14.4 Å². The zero-order chi connectivity index (χ0) is 21.3. The van der Waals surface area contributed by atoms with Gasteiger partial charge in [0.2, 0.25) is 0 Å². The lowest BCUT2D eigenvalue weighted by molar-refractivity contribution is -0.120. The minimum atomic E-state index is -0.332. The molecule has 0 atom stereocenters. The molecule has 1 aromatic carbocycles. The van der Waals surface area contributed by atoms with E-state index in [0.717, 1.165) is 24.5 Å². The first-order chi connectivity index (χ1) is 14.6. The molecule has 3 heterocycles. The number of imide groups is 1. The van der Waals surface area contributed by atoms with Gasteiger partial charge >= 0.3 is 0 Å². The maximum absolute atomic E-state index is 13.6. The van der Waals surface area contributed by atoms with Crippen LogP contribution in [0.2, 0.25) is 0 Å². The normalized spacial score (nSPS) is 17.8. The molecule has 1 fully saturated rings. The molecule has 158 valence electrons. The van der Waals surface area contributed by atoms with Crippen LogP contribution in [0, 0.1) is 0 Å². The fourth-order valence-corrected chi connectivity index (χ4v) is 4.70. The van der Waals surface area contributed by atoms with Gasteiger partial charge < -0.3 is 19.3 Å². The molecule has 2 aliphatic rings. The van der Waals surface area contributed by atoms with E-state index in [4.69, 9.17) is 9.47 Å². The monoisotopic (exact) mass is 427 g/mol. The Bertz CT molecular complexity index is 978. The van der Waals surface area contributed by atoms with Crippen LogP contribution in [0.15, 0.2) is 41.4 Å². The fraction of sp³-hybridized carbons (Fsp3) is 0.364. The van der Waals surface area contributed by atoms with Gasteiger partial charge in [-0.05, 0) is 30.1 Å². The minimum Gasteiger partial charge on any atom is -0.497 e. The number of nitrogens with zero attached hydrogens (tertiary/aromatic N) is 3. The summed E-state index contributed by atoms with van der Waals surface area (Å²) in [5.74, 6) is 0.344. The Labute approximate surface area is 180 Å². The number of hydrogen-bond donors (Lipinski definition) is 0. The number of amides is 2. The van der Waals surface area contributed by atoms with Gasteiger partial charge in [0.05, 0.1) is 25.5 Å². The van der Waals surface area contributed by atoms with Crippen LogP contribution in [0.25, 0.3) is 5.57 Å². The molecule has 0 aliphatic carbocycles. The molecule has 0 N–H and O–H groups in total. The molecule has 0 bridgehead atoms. The Kier molecular flexibility index (Phi) is 5.78. The first kappa shape index (κ1) is 20.4. The van der Waals surface area contributed by atoms with Crippen molar-refractivity contribution in [3.8, 4) is 11.5 Å². The first-order valence-corrected chi connectivity index (χ1v) is 10.8. The Balaban J connectivity index is 1.78. The Hall–Kier alpha value is -2.84. The van der Waals surface area contributed by atoms with Crippen LogP contribution in [0.4, 0.5) is 5.69 Å². The molecular formula is C22H25N3O4S. The predicted octanol–water partition coefficient (Wildman–Crippen LogP) is 2.69. The van der Waals surface area contributed by atoms with Gasteiger partial charge in [-0.25, -0.2) is 4.90 Å². The van der Waals surface area contributed by atoms with Gasteiger partial charge in [-0.15, -0.1) is 11.3 Å². The highest BCUT2D eigenvalue weighted by Crippen LogP contribution is 2.41. The highest BCUT2D eigenvalue weighted by molar-refractivity contribution is 7.11. The molecule has 1 saturated heterocycles. The molecule has 7 nitrogen and oxygen atoms in total. The Morgan fingerprint density at radius 2 is 1.77 bits per heavy atom. The lowest BCUT2D eigenvalue weighted by atomic mass is 10.1. The van der Waals surface area contributed by atoms with Crippen LogP contribution >= 0.6 is 11.3 Å². The third-order valence-corrected chi connectivity index (χ3v) is 6.48. The largest absolute Gasteiger partial charge is 0.497 e. The molecule has 8 heteroatoms. The van der Waals surface area contributed by atoms with Gasteiger partial charge in [-0.2, -0.15) is 0 Å². The molecule has 2 aliphatic heterocycles. The first-order valence-electron chi connectivity index (χ1n) is 9.95. The van der Waals surface area contributed by atoms with Gasteiger partial charge in [0, 0.05) is 37.1 Å². The van der Waals surface area contributed by atoms with Crippen molar-refractivity contribution in [3.63, 3.8) is 0 Å². The number of piperazine rings is 1. The smallest absolute Gasteiger partial charge is 0.282 e. The van der Waals surface area contributed by atoms with E-state index < -0.39 is 0 Å². The SMILES string of the molecule is CCN1CCN(C2=C(c3cccs3)C(=O)N(c3cc(OC)ccc3OC)C2=O)CC1. The summed E-state index contributed by atoms with van der Waals surface area (Å²) in [4.78, 5) is 33.6. The molecule has 0 spiro atoms. The van der Waals surface area contributed by atoms with E-state index in [1.54, 1.807) is 25.3 Å². The number of methoxy groups -OCH3 is 2. The van der Waals surface area contributed by atoms with Gasteiger partial charge in [-0.3, -0.25) is 9.59 Å². The zero-order valence-electron chi connectivity index (χ0n) is 17.4. The molecule has 0 unspecified atom stereocenters. The third-order valence-electron chi connectivity index (χ3n) is 5.59. The standard InChI is InChI=1S/C22H25N3O4S/c1-4-23-9-11-24(12-10-23)20-19(18-6-5-13-30-18)21(26)25(22(20)27)16-14-15(28-2)7-8-17(16)29-3/h5-8,13-14H,4,9-12H2,1-3H3. The third kappa shape index (κ3) is 3.46. The van der Waals surface area contributed by atoms with Crippen molar-refractivity contribution in [2.75, 3.05) is 51.8 Å². The maximum Gasteiger partial charge on any atom is 0.282 e. The van der Waals surface area contributed by atoms with E-state index >= 15 is 0 Å². The zero-order valence-corrected chi connectivity index (χ0v) is 18.2. The second-order valence-corrected chi connectivity index (χ2v) is 8.05. The van der Waals surface area contributed by atoms with Crippen molar-refractivity contribution < 1.29 is 19.1 Å². The van der Waals surface area contributed by atoms with Gasteiger partial charge in [0.1, 0.15) is 17.2 Å². The van der Waals surface area contributed by atoms with Gasteiger partial charge in [0.25, 0.3) is 11.8 Å². The van der Waals surface area contributed by atoms with Crippen LogP contribution in [0.5, 0.6) is 11.5 Å². The van der Waals surface area contributed by atoms with Crippen LogP contribution in [0.3, 0.4) is 0 Å². The van der Waals surface area contributed by atoms with E-state index in [1.807, 2.05) is 22.4 Å². The average Bonchev–Trinajstić information content (AvgIpc) is 3.39. The van der Waals surface area contributed by atoms with Crippen molar-refractivity contribution in [2.45, 2.75) is 6.92 Å². The van der Waals surface area contributed by atoms with Crippen molar-refractivity contribution in [1.82, 2.24) is 9.80 Å². The number of carbonyl (C=O) groups excluding carboxylic acids is 2. The number of carbonyl (C=O) groups is 2. The van der Waals surface area contributed by atoms with Crippen LogP contribution in [-0.4, -0.2) is 68.6 Å². The highest BCUT2D eigenvalue weighted by atomic mass is 32.1. The van der Waals surface area contributed by atoms with E-state index in [-0.39, 0.29) is 11.8 Å². The summed E-state index contributed by atoms with van der Waals surface area (Å²) in [5.41, 5.74) is 1.33. The lowest BCUT2D eigenvalue weighted by Gasteiger charge is -2.35. The number of ether oxygens (including phenoxy) is 2. The summed E-state index contributed by atoms with van der Waals surface area (Å²) >= 11 is 1.46. The molecule has 1 aromatic heterocycles. The summed E-state index contributed by atoms with van der Waals surface area (Å²) in [7, 11) is 3.07. The number of rotatable bonds is 6. The second-order valence-electron chi connectivity index (χ2n) is 7.11. The Morgan fingerprint density at radius 3 is 2.37 bits per heavy atom. The summed E-state index contributed by atoms with van der Waals surface area (Å²) in [6, 6.07) is 8.90. The van der Waals surface area contributed by atoms with Gasteiger partial charge in [0.15, 0.2) is 0 Å². The topological polar surface area (TPSA) is 62.3 Å². The molecular weight excluding hydrogens is 402 g/mol. The number of benzene rings is 1. The molecule has 0 radical (unpaired) electrons. The second kappa shape index (κ2) is 8.49. The highest BCUT2D eigenvalue weighted by Gasteiger charge is 2.44. The van der Waals surface area contributed by atoms with E-state index in [1.165, 1.54) is 23.3 Å². The quantitative estimate of drug-likeness (QED) is 0.661. The number of thiophene rings is 1. The predicted molar refractivity (Wildman–Crippen MR) is 117 cm³/mol. The molecule has 0 saturated carbocycles. The minimum absolute atomic E-state index is 0.320. The maximum atomic E-state index is 13.6. The number of likely N-dealkylation sites (N-methyl/N-ethyl adjacent to an activating group) is 1. The van der Waals surface area contributed by atoms with Crippen molar-refractivity contribution in [3.05, 3.63) is 46.3 Å². The Morgan fingerprint density at radius 1 is 1.00 bits per heavy atom. The van der Waals surface area contributed by atoms with E-state index in [9.17, 15) is 9.59 Å². The lowest BCUT2D eigenvalue weighted by Crippen LogP contribution is -2.47. The molecule has 30 heavy (non-hydrogen) atoms. The van der Waals surface area contributed by atoms with E-state index in [2.05, 4.69) is 11.8 Å². The van der Waals surface area contributed by atoms with Crippen molar-refractivity contribution in [2.24, 2.45) is 0 Å². The average molecular weight is 428 g/mol. The van der Waals surface area contributed by atoms with Crippen LogP contribution in [0.1, 0.15) is 11.8 Å². The summed E-state index contributed by atoms with van der Waals surface area (Å²) in [6.07, 6.45) is 0. The van der Waals surface area contributed by atoms with Gasteiger partial charge in [-0.1, -0.05) is 13.0 Å². The molecule has 4 rings (SSSR count). The fourth-order valence-electron chi connectivity index (χ4n) is 3.93. The van der Waals surface area contributed by atoms with Crippen molar-refractivity contribution in [1.29, 1.82) is 0 Å². The summed E-state index contributed by atoms with van der Waals surface area (Å²) in [6.45, 7) is 6.25. The summed E-state index contributed by atoms with van der Waals surface area (Å²) < 4.78 is 10.8. The summed E-state index contributed by atoms with van der Waals surface area (Å²) in [5, 5.41) is 1.92.